The number of rotatable bonds is 6. The predicted molar refractivity (Wildman–Crippen MR) is 108 cm³/mol. The van der Waals surface area contributed by atoms with Crippen LogP contribution in [0.3, 0.4) is 0 Å². The lowest BCUT2D eigenvalue weighted by atomic mass is 10.2. The minimum atomic E-state index is -1.33. The van der Waals surface area contributed by atoms with Gasteiger partial charge in [0.05, 0.1) is 10.9 Å². The topological polar surface area (TPSA) is 107 Å². The highest BCUT2D eigenvalue weighted by molar-refractivity contribution is 8.18. The molecule has 1 saturated heterocycles. The number of amides is 3. The normalized spacial score (nSPS) is 15.3. The number of carbonyl (C=O) groups excluding carboxylic acids is 4. The number of nitrogens with one attached hydrogen (secondary N) is 1. The van der Waals surface area contributed by atoms with Gasteiger partial charge in [-0.25, -0.2) is 0 Å². The van der Waals surface area contributed by atoms with E-state index in [2.05, 4.69) is 5.32 Å². The SMILES string of the molecule is O=C(CN1C(=O)S/C(=C/C=C/c2ccccc2)C1=O)Nc1ccc(C(=O)[O-])cc1. The molecule has 0 saturated carbocycles. The Hall–Kier alpha value is -3.65. The molecule has 8 heteroatoms. The number of aromatic carboxylic acids is 1. The third-order valence-corrected chi connectivity index (χ3v) is 4.84. The molecule has 29 heavy (non-hydrogen) atoms. The van der Waals surface area contributed by atoms with Gasteiger partial charge in [-0.1, -0.05) is 54.6 Å². The van der Waals surface area contributed by atoms with Crippen molar-refractivity contribution in [3.05, 3.63) is 82.8 Å². The molecule has 7 nitrogen and oxygen atoms in total. The monoisotopic (exact) mass is 407 g/mol. The zero-order valence-corrected chi connectivity index (χ0v) is 15.8. The molecule has 1 aliphatic heterocycles. The highest BCUT2D eigenvalue weighted by atomic mass is 32.2. The summed E-state index contributed by atoms with van der Waals surface area (Å²) >= 11 is 0.765. The number of nitrogens with zero attached hydrogens (tertiary/aromatic N) is 1. The van der Waals surface area contributed by atoms with Crippen LogP contribution >= 0.6 is 11.8 Å². The summed E-state index contributed by atoms with van der Waals surface area (Å²) in [5, 5.41) is 12.7. The number of allylic oxidation sites excluding steroid dienone is 2. The minimum absolute atomic E-state index is 0.0253. The van der Waals surface area contributed by atoms with Crippen molar-refractivity contribution in [3.8, 4) is 0 Å². The number of carbonyl (C=O) groups is 4. The molecule has 0 aliphatic carbocycles. The summed E-state index contributed by atoms with van der Waals surface area (Å²) in [7, 11) is 0. The molecule has 1 heterocycles. The van der Waals surface area contributed by atoms with E-state index in [0.29, 0.717) is 5.69 Å². The fourth-order valence-electron chi connectivity index (χ4n) is 2.49. The first-order valence-corrected chi connectivity index (χ1v) is 9.34. The van der Waals surface area contributed by atoms with Crippen LogP contribution in [0.2, 0.25) is 0 Å². The van der Waals surface area contributed by atoms with Gasteiger partial charge >= 0.3 is 0 Å². The summed E-state index contributed by atoms with van der Waals surface area (Å²) in [6, 6.07) is 14.8. The Bertz CT molecular complexity index is 1010. The van der Waals surface area contributed by atoms with E-state index in [-0.39, 0.29) is 10.5 Å². The van der Waals surface area contributed by atoms with E-state index in [1.54, 1.807) is 12.2 Å². The maximum atomic E-state index is 12.4. The molecule has 1 aliphatic rings. The second-order valence-corrected chi connectivity index (χ2v) is 6.97. The van der Waals surface area contributed by atoms with Crippen LogP contribution in [0, 0.1) is 0 Å². The fourth-order valence-corrected chi connectivity index (χ4v) is 3.28. The Morgan fingerprint density at radius 1 is 1.03 bits per heavy atom. The Morgan fingerprint density at radius 3 is 2.38 bits per heavy atom. The Labute approximate surface area is 170 Å². The van der Waals surface area contributed by atoms with Gasteiger partial charge in [-0.05, 0) is 41.1 Å². The Balaban J connectivity index is 1.60. The first-order chi connectivity index (χ1) is 13.9. The first-order valence-electron chi connectivity index (χ1n) is 8.52. The zero-order valence-electron chi connectivity index (χ0n) is 15.0. The number of hydrogen-bond acceptors (Lipinski definition) is 6. The molecule has 0 aromatic heterocycles. The summed E-state index contributed by atoms with van der Waals surface area (Å²) in [5.41, 5.74) is 1.27. The lowest BCUT2D eigenvalue weighted by Crippen LogP contribution is -2.36. The van der Waals surface area contributed by atoms with Gasteiger partial charge in [0.1, 0.15) is 6.54 Å². The minimum Gasteiger partial charge on any atom is -0.545 e. The van der Waals surface area contributed by atoms with Crippen molar-refractivity contribution >= 4 is 46.5 Å². The zero-order chi connectivity index (χ0) is 20.8. The van der Waals surface area contributed by atoms with Crippen LogP contribution < -0.4 is 10.4 Å². The largest absolute Gasteiger partial charge is 0.545 e. The van der Waals surface area contributed by atoms with Crippen LogP contribution in [0.25, 0.3) is 6.08 Å². The van der Waals surface area contributed by atoms with E-state index < -0.39 is 29.6 Å². The second-order valence-electron chi connectivity index (χ2n) is 5.97. The van der Waals surface area contributed by atoms with E-state index >= 15 is 0 Å². The molecule has 2 aromatic rings. The number of anilines is 1. The molecular weight excluding hydrogens is 392 g/mol. The Kier molecular flexibility index (Phi) is 6.25. The van der Waals surface area contributed by atoms with Crippen molar-refractivity contribution in [2.45, 2.75) is 0 Å². The predicted octanol–water partition coefficient (Wildman–Crippen LogP) is 2.28. The fraction of sp³-hybridized carbons (Fsp3) is 0.0476. The lowest BCUT2D eigenvalue weighted by Gasteiger charge is -2.12. The van der Waals surface area contributed by atoms with Gasteiger partial charge in [0.25, 0.3) is 11.1 Å². The molecular formula is C21H15N2O5S-. The molecule has 3 rings (SSSR count). The van der Waals surface area contributed by atoms with Crippen LogP contribution in [0.5, 0.6) is 0 Å². The number of hydrogen-bond donors (Lipinski definition) is 1. The standard InChI is InChI=1S/C21H16N2O5S/c24-18(22-16-11-9-15(10-12-16)20(26)27)13-23-19(25)17(29-21(23)28)8-4-7-14-5-2-1-3-6-14/h1-12H,13H2,(H,22,24)(H,26,27)/p-1/b7-4+,17-8+. The van der Waals surface area contributed by atoms with Gasteiger partial charge in [0.2, 0.25) is 5.91 Å². The molecule has 0 radical (unpaired) electrons. The molecule has 2 aromatic carbocycles. The average molecular weight is 407 g/mol. The number of benzene rings is 2. The third kappa shape index (κ3) is 5.20. The van der Waals surface area contributed by atoms with E-state index in [1.807, 2.05) is 30.3 Å². The highest BCUT2D eigenvalue weighted by Gasteiger charge is 2.35. The number of thioether (sulfide) groups is 1. The van der Waals surface area contributed by atoms with Crippen LogP contribution in [0.1, 0.15) is 15.9 Å². The molecule has 0 spiro atoms. The highest BCUT2D eigenvalue weighted by Crippen LogP contribution is 2.30. The quantitative estimate of drug-likeness (QED) is 0.737. The lowest BCUT2D eigenvalue weighted by molar-refractivity contribution is -0.255. The van der Waals surface area contributed by atoms with Gasteiger partial charge in [0, 0.05) is 5.69 Å². The van der Waals surface area contributed by atoms with E-state index in [0.717, 1.165) is 22.2 Å². The van der Waals surface area contributed by atoms with Crippen molar-refractivity contribution in [2.75, 3.05) is 11.9 Å². The van der Waals surface area contributed by atoms with Gasteiger partial charge in [-0.3, -0.25) is 19.3 Å². The van der Waals surface area contributed by atoms with Crippen molar-refractivity contribution in [1.82, 2.24) is 4.90 Å². The molecule has 3 amide bonds. The van der Waals surface area contributed by atoms with Crippen LogP contribution in [0.15, 0.2) is 71.7 Å². The van der Waals surface area contributed by atoms with Crippen molar-refractivity contribution in [1.29, 1.82) is 0 Å². The van der Waals surface area contributed by atoms with E-state index in [9.17, 15) is 24.3 Å². The third-order valence-electron chi connectivity index (χ3n) is 3.92. The maximum Gasteiger partial charge on any atom is 0.294 e. The summed E-state index contributed by atoms with van der Waals surface area (Å²) in [6.45, 7) is -0.438. The summed E-state index contributed by atoms with van der Waals surface area (Å²) in [4.78, 5) is 48.5. The second kappa shape index (κ2) is 9.03. The Morgan fingerprint density at radius 2 is 1.72 bits per heavy atom. The average Bonchev–Trinajstić information content (AvgIpc) is 2.97. The van der Waals surface area contributed by atoms with Gasteiger partial charge in [-0.15, -0.1) is 0 Å². The van der Waals surface area contributed by atoms with Gasteiger partial charge in [0.15, 0.2) is 0 Å². The summed E-state index contributed by atoms with van der Waals surface area (Å²) < 4.78 is 0. The van der Waals surface area contributed by atoms with Crippen molar-refractivity contribution < 1.29 is 24.3 Å². The maximum absolute atomic E-state index is 12.4. The smallest absolute Gasteiger partial charge is 0.294 e. The number of carboxylic acid groups (broad SMARTS) is 1. The molecule has 0 unspecified atom stereocenters. The molecule has 0 atom stereocenters. The van der Waals surface area contributed by atoms with E-state index in [4.69, 9.17) is 0 Å². The van der Waals surface area contributed by atoms with E-state index in [1.165, 1.54) is 30.3 Å². The summed E-state index contributed by atoms with van der Waals surface area (Å²) in [5.74, 6) is -2.44. The summed E-state index contributed by atoms with van der Waals surface area (Å²) in [6.07, 6.45) is 5.01. The van der Waals surface area contributed by atoms with Crippen LogP contribution in [-0.2, 0) is 9.59 Å². The van der Waals surface area contributed by atoms with Crippen LogP contribution in [0.4, 0.5) is 10.5 Å². The molecule has 1 N–H and O–H groups in total. The number of carboxylic acids is 1. The van der Waals surface area contributed by atoms with Crippen molar-refractivity contribution in [2.24, 2.45) is 0 Å². The molecule has 0 bridgehead atoms. The molecule has 1 fully saturated rings. The molecule has 146 valence electrons. The van der Waals surface area contributed by atoms with Gasteiger partial charge in [-0.2, -0.15) is 0 Å². The number of imide groups is 1. The van der Waals surface area contributed by atoms with Crippen LogP contribution in [-0.4, -0.2) is 34.5 Å². The van der Waals surface area contributed by atoms with Gasteiger partial charge < -0.3 is 15.2 Å². The first kappa shape index (κ1) is 20.1. The van der Waals surface area contributed by atoms with Crippen molar-refractivity contribution in [3.63, 3.8) is 0 Å².